The van der Waals surface area contributed by atoms with Gasteiger partial charge in [-0.2, -0.15) is 0 Å². The Morgan fingerprint density at radius 1 is 0.791 bits per heavy atom. The Bertz CT molecular complexity index is 1180. The fourth-order valence-corrected chi connectivity index (χ4v) is 7.57. The molecular formula is C37H64O3SSi2. The van der Waals surface area contributed by atoms with Gasteiger partial charge in [0.05, 0.1) is 18.8 Å². The van der Waals surface area contributed by atoms with Gasteiger partial charge in [-0.1, -0.05) is 86.6 Å². The van der Waals surface area contributed by atoms with Gasteiger partial charge in [0.15, 0.2) is 16.6 Å². The van der Waals surface area contributed by atoms with Crippen molar-refractivity contribution < 1.29 is 14.0 Å². The molecule has 244 valence electrons. The predicted octanol–water partition coefficient (Wildman–Crippen LogP) is 11.7. The van der Waals surface area contributed by atoms with E-state index in [1.807, 2.05) is 11.3 Å². The summed E-state index contributed by atoms with van der Waals surface area (Å²) in [7, 11) is -3.73. The molecule has 1 aromatic heterocycles. The highest BCUT2D eigenvalue weighted by molar-refractivity contribution is 7.13. The lowest BCUT2D eigenvalue weighted by molar-refractivity contribution is 0.0246. The zero-order valence-corrected chi connectivity index (χ0v) is 32.8. The Morgan fingerprint density at radius 2 is 1.35 bits per heavy atom. The molecule has 0 aliphatic carbocycles. The van der Waals surface area contributed by atoms with Crippen LogP contribution in [0, 0.1) is 0 Å². The third-order valence-corrected chi connectivity index (χ3v) is 20.6. The van der Waals surface area contributed by atoms with Crippen LogP contribution in [-0.2, 0) is 34.9 Å². The monoisotopic (exact) mass is 644 g/mol. The zero-order chi connectivity index (χ0) is 32.7. The average Bonchev–Trinajstić information content (AvgIpc) is 3.40. The van der Waals surface area contributed by atoms with E-state index < -0.39 is 22.2 Å². The Kier molecular flexibility index (Phi) is 13.8. The Labute approximate surface area is 271 Å². The van der Waals surface area contributed by atoms with Gasteiger partial charge in [0.25, 0.3) is 0 Å². The molecule has 0 saturated heterocycles. The van der Waals surface area contributed by atoms with Gasteiger partial charge in [0, 0.05) is 9.75 Å². The minimum Gasteiger partial charge on any atom is -0.413 e. The van der Waals surface area contributed by atoms with E-state index in [1.165, 1.54) is 32.0 Å². The maximum atomic E-state index is 10.7. The smallest absolute Gasteiger partial charge is 0.192 e. The second-order valence-electron chi connectivity index (χ2n) is 15.5. The van der Waals surface area contributed by atoms with Crippen molar-refractivity contribution in [2.24, 2.45) is 0 Å². The number of thiophene rings is 1. The van der Waals surface area contributed by atoms with E-state index >= 15 is 0 Å². The van der Waals surface area contributed by atoms with Crippen molar-refractivity contribution in [2.75, 3.05) is 0 Å². The zero-order valence-electron chi connectivity index (χ0n) is 30.0. The number of allylic oxidation sites excluding steroid dienone is 2. The van der Waals surface area contributed by atoms with Crippen LogP contribution in [0.4, 0.5) is 0 Å². The molecule has 0 radical (unpaired) electrons. The molecular weight excluding hydrogens is 581 g/mol. The van der Waals surface area contributed by atoms with E-state index in [2.05, 4.69) is 125 Å². The van der Waals surface area contributed by atoms with Gasteiger partial charge >= 0.3 is 0 Å². The summed E-state index contributed by atoms with van der Waals surface area (Å²) in [6, 6.07) is 11.6. The summed E-state index contributed by atoms with van der Waals surface area (Å²) in [6.07, 6.45) is 8.82. The molecule has 0 aliphatic heterocycles. The van der Waals surface area contributed by atoms with Gasteiger partial charge in [-0.15, -0.1) is 11.3 Å². The first-order valence-electron chi connectivity index (χ1n) is 16.7. The summed E-state index contributed by atoms with van der Waals surface area (Å²) in [6.45, 7) is 30.9. The molecule has 2 rings (SSSR count). The van der Waals surface area contributed by atoms with Crippen LogP contribution >= 0.6 is 11.3 Å². The quantitative estimate of drug-likeness (QED) is 0.185. The van der Waals surface area contributed by atoms with Gasteiger partial charge in [0.1, 0.15) is 0 Å². The maximum Gasteiger partial charge on any atom is 0.192 e. The molecule has 0 fully saturated rings. The second kappa shape index (κ2) is 15.5. The molecule has 3 nitrogen and oxygen atoms in total. The van der Waals surface area contributed by atoms with Gasteiger partial charge in [-0.05, 0) is 116 Å². The molecule has 0 amide bonds. The summed E-state index contributed by atoms with van der Waals surface area (Å²) < 4.78 is 13.4. The average molecular weight is 645 g/mol. The first-order chi connectivity index (χ1) is 19.8. The minimum atomic E-state index is -1.88. The van der Waals surface area contributed by atoms with Crippen molar-refractivity contribution in [1.29, 1.82) is 0 Å². The second-order valence-corrected chi connectivity index (χ2v) is 26.3. The third-order valence-electron chi connectivity index (χ3n) is 10.4. The Balaban J connectivity index is 2.19. The summed E-state index contributed by atoms with van der Waals surface area (Å²) in [4.78, 5) is 2.80. The normalized spacial score (nSPS) is 14.0. The van der Waals surface area contributed by atoms with E-state index in [1.54, 1.807) is 0 Å². The highest BCUT2D eigenvalue weighted by Gasteiger charge is 2.38. The number of hydrogen-bond donors (Lipinski definition) is 1. The highest BCUT2D eigenvalue weighted by Crippen LogP contribution is 2.39. The van der Waals surface area contributed by atoms with Crippen molar-refractivity contribution in [2.45, 2.75) is 162 Å². The van der Waals surface area contributed by atoms with Crippen LogP contribution < -0.4 is 0 Å². The maximum absolute atomic E-state index is 10.7. The topological polar surface area (TPSA) is 38.7 Å². The highest BCUT2D eigenvalue weighted by atomic mass is 32.1. The molecule has 0 unspecified atom stereocenters. The Hall–Kier alpha value is -1.03. The molecule has 0 aliphatic rings. The molecule has 0 spiro atoms. The summed E-state index contributed by atoms with van der Waals surface area (Å²) in [5.41, 5.74) is 4.79. The fraction of sp³-hybridized carbons (Fsp3) is 0.676. The molecule has 6 heteroatoms. The van der Waals surface area contributed by atoms with Crippen LogP contribution in [0.2, 0.25) is 36.3 Å². The van der Waals surface area contributed by atoms with Crippen LogP contribution in [0.1, 0.15) is 121 Å². The van der Waals surface area contributed by atoms with Crippen molar-refractivity contribution in [3.8, 4) is 0 Å². The lowest BCUT2D eigenvalue weighted by Gasteiger charge is -2.37. The molecule has 2 aromatic rings. The van der Waals surface area contributed by atoms with Crippen LogP contribution in [0.3, 0.4) is 0 Å². The van der Waals surface area contributed by atoms with Crippen LogP contribution in [0.15, 0.2) is 36.4 Å². The SMILES string of the molecule is CC/C(=C\CCC(O)(CC)CC)c1ccc(CCc2ccc(CO[Si](C)(C)C(C)(C)C)c(CO[Si](C)(C)C(C)(C)C)c2)s1. The van der Waals surface area contributed by atoms with Crippen molar-refractivity contribution in [3.63, 3.8) is 0 Å². The molecule has 1 N–H and O–H groups in total. The number of aryl methyl sites for hydroxylation is 2. The van der Waals surface area contributed by atoms with Crippen LogP contribution in [0.25, 0.3) is 5.57 Å². The third kappa shape index (κ3) is 11.1. The predicted molar refractivity (Wildman–Crippen MR) is 195 cm³/mol. The molecule has 0 bridgehead atoms. The number of rotatable bonds is 16. The van der Waals surface area contributed by atoms with E-state index in [0.29, 0.717) is 13.2 Å². The van der Waals surface area contributed by atoms with Crippen molar-refractivity contribution in [1.82, 2.24) is 0 Å². The minimum absolute atomic E-state index is 0.179. The first-order valence-corrected chi connectivity index (χ1v) is 23.3. The summed E-state index contributed by atoms with van der Waals surface area (Å²) in [5, 5.41) is 11.0. The van der Waals surface area contributed by atoms with E-state index in [9.17, 15) is 5.11 Å². The molecule has 0 saturated carbocycles. The van der Waals surface area contributed by atoms with Crippen LogP contribution in [-0.4, -0.2) is 27.3 Å². The fourth-order valence-electron chi connectivity index (χ4n) is 4.55. The van der Waals surface area contributed by atoms with E-state index in [0.717, 1.165) is 44.9 Å². The standard InChI is InChI=1S/C37H64O3SSi2/c1-14-30(18-17-25-37(38,15-2)16-3)34-24-23-33(41-34)22-20-29-19-21-31(27-39-42(10,11)35(4,5)6)32(26-29)28-40-43(12,13)36(7,8)9/h18-19,21,23-24,26,38H,14-17,20,22,25,27-28H2,1-13H3/b30-18+. The lowest BCUT2D eigenvalue weighted by Crippen LogP contribution is -2.41. The lowest BCUT2D eigenvalue weighted by atomic mass is 9.91. The number of aliphatic hydroxyl groups is 1. The van der Waals surface area contributed by atoms with Gasteiger partial charge in [0.2, 0.25) is 0 Å². The van der Waals surface area contributed by atoms with Crippen molar-refractivity contribution >= 4 is 33.5 Å². The summed E-state index contributed by atoms with van der Waals surface area (Å²) in [5.74, 6) is 0. The van der Waals surface area contributed by atoms with Gasteiger partial charge in [-0.3, -0.25) is 0 Å². The molecule has 1 heterocycles. The first kappa shape index (κ1) is 38.2. The number of hydrogen-bond acceptors (Lipinski definition) is 4. The van der Waals surface area contributed by atoms with E-state index in [-0.39, 0.29) is 10.1 Å². The largest absolute Gasteiger partial charge is 0.413 e. The van der Waals surface area contributed by atoms with E-state index in [4.69, 9.17) is 8.85 Å². The van der Waals surface area contributed by atoms with Crippen molar-refractivity contribution in [3.05, 3.63) is 62.9 Å². The summed E-state index contributed by atoms with van der Waals surface area (Å²) >= 11 is 1.93. The number of benzene rings is 1. The van der Waals surface area contributed by atoms with Gasteiger partial charge < -0.3 is 14.0 Å². The van der Waals surface area contributed by atoms with Gasteiger partial charge in [-0.25, -0.2) is 0 Å². The molecule has 1 aromatic carbocycles. The van der Waals surface area contributed by atoms with Crippen LogP contribution in [0.5, 0.6) is 0 Å². The Morgan fingerprint density at radius 3 is 1.86 bits per heavy atom. The molecule has 43 heavy (non-hydrogen) atoms. The molecule has 0 atom stereocenters.